The fourth-order valence-electron chi connectivity index (χ4n) is 1.97. The monoisotopic (exact) mass is 229 g/mol. The Bertz CT molecular complexity index is 423. The van der Waals surface area contributed by atoms with Crippen molar-refractivity contribution in [3.8, 4) is 5.75 Å². The summed E-state index contributed by atoms with van der Waals surface area (Å²) in [6.45, 7) is 7.57. The maximum Gasteiger partial charge on any atom is 0.161 e. The Hall–Kier alpha value is -1.70. The van der Waals surface area contributed by atoms with Crippen molar-refractivity contribution in [1.82, 2.24) is 4.90 Å². The standard InChI is InChI=1S/C15H19NO/c1-3-5-9-14(4-2)16-11-13-8-6-7-10-15(13)17-12-16/h4,6-10H,2-3,5,11-12H2,1H3/b14-9+. The predicted molar refractivity (Wildman–Crippen MR) is 70.7 cm³/mol. The third-order valence-electron chi connectivity index (χ3n) is 2.93. The highest BCUT2D eigenvalue weighted by Crippen LogP contribution is 2.26. The van der Waals surface area contributed by atoms with Crippen LogP contribution in [0, 0.1) is 0 Å². The molecular weight excluding hydrogens is 210 g/mol. The molecule has 0 atom stereocenters. The molecule has 0 amide bonds. The highest BCUT2D eigenvalue weighted by molar-refractivity contribution is 5.35. The molecule has 2 rings (SSSR count). The summed E-state index contributed by atoms with van der Waals surface area (Å²) in [6.07, 6.45) is 6.37. The molecule has 0 unspecified atom stereocenters. The molecule has 0 aromatic heterocycles. The van der Waals surface area contributed by atoms with Gasteiger partial charge in [0.05, 0.1) is 0 Å². The van der Waals surface area contributed by atoms with Crippen molar-refractivity contribution in [2.75, 3.05) is 6.73 Å². The van der Waals surface area contributed by atoms with Crippen LogP contribution in [0.1, 0.15) is 25.3 Å². The molecule has 1 heterocycles. The summed E-state index contributed by atoms with van der Waals surface area (Å²) in [5, 5.41) is 0. The minimum Gasteiger partial charge on any atom is -0.473 e. The molecule has 0 saturated heterocycles. The van der Waals surface area contributed by atoms with Crippen LogP contribution in [0.5, 0.6) is 5.75 Å². The molecular formula is C15H19NO. The third-order valence-corrected chi connectivity index (χ3v) is 2.93. The first-order chi connectivity index (χ1) is 8.35. The van der Waals surface area contributed by atoms with E-state index in [0.29, 0.717) is 6.73 Å². The topological polar surface area (TPSA) is 12.5 Å². The number of allylic oxidation sites excluding steroid dienone is 2. The van der Waals surface area contributed by atoms with Gasteiger partial charge in [-0.05, 0) is 18.6 Å². The Morgan fingerprint density at radius 2 is 2.29 bits per heavy atom. The second-order valence-electron chi connectivity index (χ2n) is 4.20. The Morgan fingerprint density at radius 3 is 3.06 bits per heavy atom. The van der Waals surface area contributed by atoms with Crippen LogP contribution >= 0.6 is 0 Å². The fourth-order valence-corrected chi connectivity index (χ4v) is 1.97. The molecule has 2 nitrogen and oxygen atoms in total. The van der Waals surface area contributed by atoms with Crippen LogP contribution in [0.15, 0.2) is 48.7 Å². The molecule has 90 valence electrons. The molecule has 1 aliphatic rings. The Balaban J connectivity index is 2.13. The zero-order valence-corrected chi connectivity index (χ0v) is 10.4. The minimum atomic E-state index is 0.610. The van der Waals surface area contributed by atoms with E-state index < -0.39 is 0 Å². The number of hydrogen-bond acceptors (Lipinski definition) is 2. The SMILES string of the molecule is C=C/C(=C\CCC)N1COc2ccccc2C1. The number of fused-ring (bicyclic) bond motifs is 1. The van der Waals surface area contributed by atoms with E-state index in [1.165, 1.54) is 11.3 Å². The van der Waals surface area contributed by atoms with Gasteiger partial charge in [0.15, 0.2) is 6.73 Å². The molecule has 0 N–H and O–H groups in total. The van der Waals surface area contributed by atoms with Crippen molar-refractivity contribution < 1.29 is 4.74 Å². The number of unbranched alkanes of at least 4 members (excludes halogenated alkanes) is 1. The van der Waals surface area contributed by atoms with Gasteiger partial charge in [-0.25, -0.2) is 0 Å². The molecule has 0 fully saturated rings. The van der Waals surface area contributed by atoms with Gasteiger partial charge >= 0.3 is 0 Å². The molecule has 0 radical (unpaired) electrons. The van der Waals surface area contributed by atoms with Crippen LogP contribution in [0.2, 0.25) is 0 Å². The summed E-state index contributed by atoms with van der Waals surface area (Å²) < 4.78 is 5.74. The molecule has 0 bridgehead atoms. The van der Waals surface area contributed by atoms with Gasteiger partial charge in [-0.1, -0.05) is 44.2 Å². The average molecular weight is 229 g/mol. The molecule has 0 spiro atoms. The Labute approximate surface area is 103 Å². The predicted octanol–water partition coefficient (Wildman–Crippen LogP) is 3.71. The van der Waals surface area contributed by atoms with E-state index in [4.69, 9.17) is 4.74 Å². The van der Waals surface area contributed by atoms with Gasteiger partial charge < -0.3 is 9.64 Å². The number of benzene rings is 1. The van der Waals surface area contributed by atoms with E-state index in [1.807, 2.05) is 18.2 Å². The van der Waals surface area contributed by atoms with Gasteiger partial charge in [0.2, 0.25) is 0 Å². The molecule has 1 aromatic rings. The lowest BCUT2D eigenvalue weighted by Crippen LogP contribution is -2.30. The first-order valence-corrected chi connectivity index (χ1v) is 6.13. The number of ether oxygens (including phenoxy) is 1. The maximum atomic E-state index is 5.74. The van der Waals surface area contributed by atoms with Crippen LogP contribution in [0.3, 0.4) is 0 Å². The summed E-state index contributed by atoms with van der Waals surface area (Å²) in [4.78, 5) is 2.21. The number of hydrogen-bond donors (Lipinski definition) is 0. The number of rotatable bonds is 4. The van der Waals surface area contributed by atoms with Gasteiger partial charge in [-0.2, -0.15) is 0 Å². The van der Waals surface area contributed by atoms with E-state index in [2.05, 4.69) is 36.6 Å². The van der Waals surface area contributed by atoms with E-state index in [1.54, 1.807) is 0 Å². The highest BCUT2D eigenvalue weighted by atomic mass is 16.5. The van der Waals surface area contributed by atoms with Gasteiger partial charge in [0.1, 0.15) is 5.75 Å². The Kier molecular flexibility index (Phi) is 3.86. The van der Waals surface area contributed by atoms with Crippen molar-refractivity contribution >= 4 is 0 Å². The van der Waals surface area contributed by atoms with Crippen molar-refractivity contribution in [3.63, 3.8) is 0 Å². The lowest BCUT2D eigenvalue weighted by Gasteiger charge is -2.31. The van der Waals surface area contributed by atoms with Gasteiger partial charge in [-0.3, -0.25) is 0 Å². The third kappa shape index (κ3) is 2.70. The molecule has 1 aliphatic heterocycles. The quantitative estimate of drug-likeness (QED) is 0.730. The first-order valence-electron chi connectivity index (χ1n) is 6.13. The van der Waals surface area contributed by atoms with Gasteiger partial charge in [0.25, 0.3) is 0 Å². The van der Waals surface area contributed by atoms with Crippen molar-refractivity contribution in [1.29, 1.82) is 0 Å². The summed E-state index contributed by atoms with van der Waals surface area (Å²) in [7, 11) is 0. The summed E-state index contributed by atoms with van der Waals surface area (Å²) in [6, 6.07) is 8.20. The fraction of sp³-hybridized carbons (Fsp3) is 0.333. The number of para-hydroxylation sites is 1. The summed E-state index contributed by atoms with van der Waals surface area (Å²) in [5.41, 5.74) is 2.41. The van der Waals surface area contributed by atoms with Crippen molar-refractivity contribution in [3.05, 3.63) is 54.3 Å². The molecule has 17 heavy (non-hydrogen) atoms. The van der Waals surface area contributed by atoms with Crippen LogP contribution in [0.25, 0.3) is 0 Å². The number of nitrogens with zero attached hydrogens (tertiary/aromatic N) is 1. The normalized spacial score (nSPS) is 15.1. The molecule has 0 aliphatic carbocycles. The van der Waals surface area contributed by atoms with E-state index in [-0.39, 0.29) is 0 Å². The molecule has 1 aromatic carbocycles. The lowest BCUT2D eigenvalue weighted by atomic mass is 10.1. The molecule has 0 saturated carbocycles. The zero-order valence-electron chi connectivity index (χ0n) is 10.4. The van der Waals surface area contributed by atoms with Crippen molar-refractivity contribution in [2.45, 2.75) is 26.3 Å². The second kappa shape index (κ2) is 5.58. The lowest BCUT2D eigenvalue weighted by molar-refractivity contribution is 0.131. The first kappa shape index (κ1) is 11.8. The second-order valence-corrected chi connectivity index (χ2v) is 4.20. The smallest absolute Gasteiger partial charge is 0.161 e. The van der Waals surface area contributed by atoms with E-state index in [0.717, 1.165) is 25.1 Å². The van der Waals surface area contributed by atoms with Crippen LogP contribution in [-0.4, -0.2) is 11.6 Å². The van der Waals surface area contributed by atoms with Crippen LogP contribution in [0.4, 0.5) is 0 Å². The largest absolute Gasteiger partial charge is 0.473 e. The van der Waals surface area contributed by atoms with Crippen LogP contribution in [-0.2, 0) is 6.54 Å². The summed E-state index contributed by atoms with van der Waals surface area (Å²) in [5.74, 6) is 1.00. The maximum absolute atomic E-state index is 5.74. The van der Waals surface area contributed by atoms with Gasteiger partial charge in [0, 0.05) is 17.8 Å². The van der Waals surface area contributed by atoms with E-state index in [9.17, 15) is 0 Å². The zero-order chi connectivity index (χ0) is 12.1. The minimum absolute atomic E-state index is 0.610. The average Bonchev–Trinajstić information content (AvgIpc) is 2.39. The highest BCUT2D eigenvalue weighted by Gasteiger charge is 2.16. The Morgan fingerprint density at radius 1 is 1.47 bits per heavy atom. The van der Waals surface area contributed by atoms with Gasteiger partial charge in [-0.15, -0.1) is 0 Å². The summed E-state index contributed by atoms with van der Waals surface area (Å²) >= 11 is 0. The molecule has 2 heteroatoms. The van der Waals surface area contributed by atoms with Crippen molar-refractivity contribution in [2.24, 2.45) is 0 Å². The van der Waals surface area contributed by atoms with E-state index >= 15 is 0 Å². The van der Waals surface area contributed by atoms with Crippen LogP contribution < -0.4 is 4.74 Å².